The van der Waals surface area contributed by atoms with Crippen molar-refractivity contribution in [3.8, 4) is 0 Å². The molecule has 0 unspecified atom stereocenters. The first-order chi connectivity index (χ1) is 14.5. The highest BCUT2D eigenvalue weighted by Crippen LogP contribution is 2.26. The van der Waals surface area contributed by atoms with Crippen LogP contribution in [-0.4, -0.2) is 67.5 Å². The molecule has 0 spiro atoms. The Labute approximate surface area is 177 Å². The van der Waals surface area contributed by atoms with E-state index in [1.807, 2.05) is 30.3 Å². The van der Waals surface area contributed by atoms with Gasteiger partial charge in [-0.25, -0.2) is 8.42 Å². The van der Waals surface area contributed by atoms with Crippen LogP contribution in [0, 0.1) is 0 Å². The van der Waals surface area contributed by atoms with E-state index < -0.39 is 22.0 Å². The van der Waals surface area contributed by atoms with Crippen LogP contribution in [0.3, 0.4) is 0 Å². The first-order valence-electron chi connectivity index (χ1n) is 10.3. The van der Waals surface area contributed by atoms with Crippen molar-refractivity contribution in [2.75, 3.05) is 32.8 Å². The van der Waals surface area contributed by atoms with Crippen molar-refractivity contribution in [2.24, 2.45) is 0 Å². The molecule has 0 aliphatic carbocycles. The van der Waals surface area contributed by atoms with Crippen LogP contribution >= 0.6 is 0 Å². The van der Waals surface area contributed by atoms with E-state index >= 15 is 0 Å². The topological polar surface area (TPSA) is 89.9 Å². The van der Waals surface area contributed by atoms with Crippen LogP contribution in [0.15, 0.2) is 59.5 Å². The van der Waals surface area contributed by atoms with E-state index in [9.17, 15) is 18.3 Å². The fourth-order valence-corrected chi connectivity index (χ4v) is 5.80. The van der Waals surface area contributed by atoms with E-state index in [0.29, 0.717) is 13.1 Å². The number of hydrogen-bond acceptors (Lipinski definition) is 5. The largest absolute Gasteiger partial charge is 0.394 e. The average molecular weight is 430 g/mol. The summed E-state index contributed by atoms with van der Waals surface area (Å²) in [4.78, 5) is 15.2. The molecular formula is C22H27N3O4S. The Balaban J connectivity index is 1.51. The van der Waals surface area contributed by atoms with Gasteiger partial charge in [-0.1, -0.05) is 36.4 Å². The van der Waals surface area contributed by atoms with Crippen LogP contribution in [-0.2, 0) is 10.0 Å². The van der Waals surface area contributed by atoms with E-state index in [4.69, 9.17) is 0 Å². The van der Waals surface area contributed by atoms with E-state index in [1.54, 1.807) is 12.1 Å². The first kappa shape index (κ1) is 21.0. The number of carbonyl (C=O) groups is 1. The summed E-state index contributed by atoms with van der Waals surface area (Å²) in [6.45, 7) is 2.51. The summed E-state index contributed by atoms with van der Waals surface area (Å²) in [6.07, 6.45) is 2.14. The normalized spacial score (nSPS) is 21.2. The molecule has 7 nitrogen and oxygen atoms in total. The van der Waals surface area contributed by atoms with Crippen molar-refractivity contribution >= 4 is 15.9 Å². The number of rotatable bonds is 6. The fourth-order valence-electron chi connectivity index (χ4n) is 4.29. The van der Waals surface area contributed by atoms with Crippen molar-refractivity contribution in [3.05, 3.63) is 65.7 Å². The second-order valence-corrected chi connectivity index (χ2v) is 9.78. The van der Waals surface area contributed by atoms with Gasteiger partial charge in [0, 0.05) is 31.2 Å². The second kappa shape index (κ2) is 8.85. The lowest BCUT2D eigenvalue weighted by molar-refractivity contribution is 0.0916. The Morgan fingerprint density at radius 3 is 2.67 bits per heavy atom. The van der Waals surface area contributed by atoms with E-state index in [0.717, 1.165) is 31.5 Å². The number of carbonyl (C=O) groups excluding carboxylic acids is 1. The zero-order valence-electron chi connectivity index (χ0n) is 16.8. The molecule has 0 aromatic heterocycles. The summed E-state index contributed by atoms with van der Waals surface area (Å²) in [7, 11) is -3.67. The van der Waals surface area contributed by atoms with Crippen molar-refractivity contribution in [1.29, 1.82) is 0 Å². The lowest BCUT2D eigenvalue weighted by Crippen LogP contribution is -2.51. The second-order valence-electron chi connectivity index (χ2n) is 7.84. The Hall–Kier alpha value is -2.26. The standard InChI is InChI=1S/C22H27N3O4S/c26-16-21(17-6-2-1-3-7-17)23-22(27)18-8-4-10-20(14-18)30(28,29)25-13-12-24-11-5-9-19(24)15-25/h1-4,6-8,10,14,19,21,26H,5,9,11-13,15-16H2,(H,23,27)/t19-,21-/m1/s1. The van der Waals surface area contributed by atoms with Crippen molar-refractivity contribution in [2.45, 2.75) is 29.8 Å². The highest BCUT2D eigenvalue weighted by Gasteiger charge is 2.36. The zero-order chi connectivity index (χ0) is 21.1. The number of aliphatic hydroxyl groups is 1. The molecule has 2 fully saturated rings. The number of nitrogens with zero attached hydrogens (tertiary/aromatic N) is 2. The molecule has 160 valence electrons. The van der Waals surface area contributed by atoms with Gasteiger partial charge in [0.15, 0.2) is 0 Å². The first-order valence-corrected chi connectivity index (χ1v) is 11.7. The Kier molecular flexibility index (Phi) is 6.19. The van der Waals surface area contributed by atoms with E-state index in [2.05, 4.69) is 10.2 Å². The van der Waals surface area contributed by atoms with Crippen LogP contribution < -0.4 is 5.32 Å². The molecule has 2 saturated heterocycles. The number of nitrogens with one attached hydrogen (secondary N) is 1. The molecule has 4 rings (SSSR count). The van der Waals surface area contributed by atoms with E-state index in [-0.39, 0.29) is 23.1 Å². The monoisotopic (exact) mass is 429 g/mol. The third kappa shape index (κ3) is 4.27. The van der Waals surface area contributed by atoms with Crippen LogP contribution in [0.1, 0.15) is 34.8 Å². The average Bonchev–Trinajstić information content (AvgIpc) is 3.26. The molecule has 2 heterocycles. The highest BCUT2D eigenvalue weighted by molar-refractivity contribution is 7.89. The van der Waals surface area contributed by atoms with Gasteiger partial charge in [-0.2, -0.15) is 4.31 Å². The van der Waals surface area contributed by atoms with Crippen molar-refractivity contribution in [1.82, 2.24) is 14.5 Å². The van der Waals surface area contributed by atoms with Gasteiger partial charge < -0.3 is 10.4 Å². The van der Waals surface area contributed by atoms with E-state index in [1.165, 1.54) is 16.4 Å². The van der Waals surface area contributed by atoms with Crippen LogP contribution in [0.2, 0.25) is 0 Å². The maximum atomic E-state index is 13.2. The molecule has 2 aromatic carbocycles. The number of hydrogen-bond donors (Lipinski definition) is 2. The van der Waals surface area contributed by atoms with Crippen LogP contribution in [0.5, 0.6) is 0 Å². The van der Waals surface area contributed by atoms with Gasteiger partial charge in [0.2, 0.25) is 10.0 Å². The summed E-state index contributed by atoms with van der Waals surface area (Å²) in [5, 5.41) is 12.5. The molecular weight excluding hydrogens is 402 g/mol. The van der Waals surface area contributed by atoms with Gasteiger partial charge in [-0.05, 0) is 43.1 Å². The molecule has 2 aliphatic rings. The molecule has 2 aromatic rings. The van der Waals surface area contributed by atoms with Gasteiger partial charge in [0.05, 0.1) is 17.5 Å². The van der Waals surface area contributed by atoms with Gasteiger partial charge in [0.25, 0.3) is 5.91 Å². The Morgan fingerprint density at radius 2 is 1.90 bits per heavy atom. The fraction of sp³-hybridized carbons (Fsp3) is 0.409. The van der Waals surface area contributed by atoms with Gasteiger partial charge in [-0.15, -0.1) is 0 Å². The summed E-state index contributed by atoms with van der Waals surface area (Å²) < 4.78 is 27.9. The summed E-state index contributed by atoms with van der Waals surface area (Å²) in [6, 6.07) is 15.0. The third-order valence-corrected chi connectivity index (χ3v) is 7.84. The molecule has 8 heteroatoms. The number of piperazine rings is 1. The minimum atomic E-state index is -3.67. The predicted octanol–water partition coefficient (Wildman–Crippen LogP) is 1.62. The minimum absolute atomic E-state index is 0.127. The SMILES string of the molecule is O=C(N[C@H](CO)c1ccccc1)c1cccc(S(=O)(=O)N2CCN3CCC[C@@H]3C2)c1. The quantitative estimate of drug-likeness (QED) is 0.728. The molecule has 0 radical (unpaired) electrons. The van der Waals surface area contributed by atoms with Crippen molar-refractivity contribution in [3.63, 3.8) is 0 Å². The summed E-state index contributed by atoms with van der Waals surface area (Å²) in [5.74, 6) is -0.421. The lowest BCUT2D eigenvalue weighted by Gasteiger charge is -2.36. The summed E-state index contributed by atoms with van der Waals surface area (Å²) >= 11 is 0. The summed E-state index contributed by atoms with van der Waals surface area (Å²) in [5.41, 5.74) is 1.04. The number of fused-ring (bicyclic) bond motifs is 1. The zero-order valence-corrected chi connectivity index (χ0v) is 17.6. The van der Waals surface area contributed by atoms with Crippen LogP contribution in [0.25, 0.3) is 0 Å². The van der Waals surface area contributed by atoms with Gasteiger partial charge in [-0.3, -0.25) is 9.69 Å². The molecule has 2 atom stereocenters. The van der Waals surface area contributed by atoms with Crippen LogP contribution in [0.4, 0.5) is 0 Å². The van der Waals surface area contributed by atoms with Crippen molar-refractivity contribution < 1.29 is 18.3 Å². The molecule has 0 bridgehead atoms. The maximum absolute atomic E-state index is 13.2. The number of sulfonamides is 1. The molecule has 2 N–H and O–H groups in total. The Morgan fingerprint density at radius 1 is 1.10 bits per heavy atom. The number of amides is 1. The third-order valence-electron chi connectivity index (χ3n) is 5.97. The minimum Gasteiger partial charge on any atom is -0.394 e. The molecule has 0 saturated carbocycles. The number of aliphatic hydroxyl groups excluding tert-OH is 1. The lowest BCUT2D eigenvalue weighted by atomic mass is 10.1. The molecule has 30 heavy (non-hydrogen) atoms. The van der Waals surface area contributed by atoms with Gasteiger partial charge >= 0.3 is 0 Å². The predicted molar refractivity (Wildman–Crippen MR) is 114 cm³/mol. The highest BCUT2D eigenvalue weighted by atomic mass is 32.2. The maximum Gasteiger partial charge on any atom is 0.251 e. The Bertz CT molecular complexity index is 996. The molecule has 2 aliphatic heterocycles. The smallest absolute Gasteiger partial charge is 0.251 e. The van der Waals surface area contributed by atoms with Gasteiger partial charge in [0.1, 0.15) is 0 Å². The number of benzene rings is 2. The molecule has 1 amide bonds.